The summed E-state index contributed by atoms with van der Waals surface area (Å²) in [6, 6.07) is 9.60. The first kappa shape index (κ1) is 10.2. The second kappa shape index (κ2) is 3.87. The van der Waals surface area contributed by atoms with E-state index in [4.69, 9.17) is 5.73 Å². The van der Waals surface area contributed by atoms with Gasteiger partial charge in [-0.25, -0.2) is 8.42 Å². The molecule has 0 bridgehead atoms. The van der Waals surface area contributed by atoms with Crippen LogP contribution in [0.15, 0.2) is 24.3 Å². The molecule has 0 aromatic heterocycles. The topological polar surface area (TPSA) is 72.2 Å². The molecule has 71 valence electrons. The molecule has 1 aromatic carbocycles. The van der Waals surface area contributed by atoms with Crippen LogP contribution in [-0.2, 0) is 10.0 Å². The first-order chi connectivity index (χ1) is 5.99. The Kier molecular flexibility index (Phi) is 3.02. The van der Waals surface area contributed by atoms with Crippen molar-refractivity contribution in [3.8, 4) is 0 Å². The van der Waals surface area contributed by atoms with E-state index in [2.05, 4.69) is 10.8 Å². The molecule has 4 nitrogen and oxygen atoms in total. The molecular formula is C8H11N2O2S. The monoisotopic (exact) mass is 199 g/mol. The quantitative estimate of drug-likeness (QED) is 0.673. The Morgan fingerprint density at radius 1 is 1.46 bits per heavy atom. The molecule has 5 heteroatoms. The van der Waals surface area contributed by atoms with E-state index in [-0.39, 0.29) is 0 Å². The van der Waals surface area contributed by atoms with Gasteiger partial charge in [0.15, 0.2) is 0 Å². The number of rotatable bonds is 3. The second-order valence-corrected chi connectivity index (χ2v) is 4.48. The largest absolute Gasteiger partial charge is 0.311 e. The highest BCUT2D eigenvalue weighted by Crippen LogP contribution is 2.06. The first-order valence-corrected chi connectivity index (χ1v) is 5.57. The number of nitrogens with two attached hydrogens (primary N) is 1. The van der Waals surface area contributed by atoms with Gasteiger partial charge in [0, 0.05) is 0 Å². The molecule has 1 unspecified atom stereocenters. The summed E-state index contributed by atoms with van der Waals surface area (Å²) in [5.41, 5.74) is 6.29. The normalized spacial score (nSPS) is 14.0. The van der Waals surface area contributed by atoms with Gasteiger partial charge in [0.2, 0.25) is 10.0 Å². The van der Waals surface area contributed by atoms with Gasteiger partial charge in [-0.05, 0) is 11.6 Å². The lowest BCUT2D eigenvalue weighted by atomic mass is 10.2. The van der Waals surface area contributed by atoms with E-state index in [0.717, 1.165) is 6.26 Å². The second-order valence-electron chi connectivity index (χ2n) is 2.70. The Hall–Kier alpha value is -0.910. The Morgan fingerprint density at radius 2 is 2.00 bits per heavy atom. The summed E-state index contributed by atoms with van der Waals surface area (Å²) in [4.78, 5) is 0. The predicted octanol–water partition coefficient (Wildman–Crippen LogP) is -0.00671. The Morgan fingerprint density at radius 3 is 2.46 bits per heavy atom. The Labute approximate surface area is 77.8 Å². The van der Waals surface area contributed by atoms with Crippen LogP contribution in [0.2, 0.25) is 0 Å². The van der Waals surface area contributed by atoms with Gasteiger partial charge in [-0.3, -0.25) is 0 Å². The van der Waals surface area contributed by atoms with Crippen molar-refractivity contribution in [1.82, 2.24) is 4.72 Å². The molecule has 1 aromatic rings. The van der Waals surface area contributed by atoms with E-state index >= 15 is 0 Å². The zero-order chi connectivity index (χ0) is 9.90. The average Bonchev–Trinajstić information content (AvgIpc) is 2.03. The van der Waals surface area contributed by atoms with E-state index in [1.165, 1.54) is 0 Å². The van der Waals surface area contributed by atoms with Crippen molar-refractivity contribution in [3.63, 3.8) is 0 Å². The van der Waals surface area contributed by atoms with Crippen LogP contribution in [0.1, 0.15) is 11.7 Å². The third-order valence-corrected chi connectivity index (χ3v) is 2.13. The summed E-state index contributed by atoms with van der Waals surface area (Å²) in [5, 5.41) is 0. The van der Waals surface area contributed by atoms with Crippen molar-refractivity contribution in [2.75, 3.05) is 6.26 Å². The molecule has 0 fully saturated rings. The average molecular weight is 199 g/mol. The van der Waals surface area contributed by atoms with Gasteiger partial charge in [0.25, 0.3) is 0 Å². The van der Waals surface area contributed by atoms with Crippen LogP contribution in [0.3, 0.4) is 0 Å². The highest BCUT2D eigenvalue weighted by atomic mass is 32.2. The number of sulfonamides is 1. The number of benzene rings is 1. The number of hydrogen-bond acceptors (Lipinski definition) is 3. The lowest BCUT2D eigenvalue weighted by Gasteiger charge is -2.11. The molecule has 0 amide bonds. The molecule has 0 saturated heterocycles. The van der Waals surface area contributed by atoms with Crippen molar-refractivity contribution in [2.24, 2.45) is 5.73 Å². The van der Waals surface area contributed by atoms with Crippen LogP contribution in [0.4, 0.5) is 0 Å². The summed E-state index contributed by atoms with van der Waals surface area (Å²) in [6.07, 6.45) is 0.381. The molecule has 0 saturated carbocycles. The molecule has 0 spiro atoms. The summed E-state index contributed by atoms with van der Waals surface area (Å²) < 4.78 is 23.9. The zero-order valence-corrected chi connectivity index (χ0v) is 8.01. The van der Waals surface area contributed by atoms with Gasteiger partial charge in [0.05, 0.1) is 12.4 Å². The summed E-state index contributed by atoms with van der Waals surface area (Å²) in [7, 11) is -3.26. The molecule has 1 atom stereocenters. The van der Waals surface area contributed by atoms with Crippen LogP contribution < -0.4 is 10.5 Å². The van der Waals surface area contributed by atoms with Crippen LogP contribution in [-0.4, -0.2) is 14.7 Å². The summed E-state index contributed by atoms with van der Waals surface area (Å²) in [6.45, 7) is 0. The van der Waals surface area contributed by atoms with Gasteiger partial charge < -0.3 is 5.73 Å². The molecule has 0 aliphatic carbocycles. The minimum absolute atomic E-state index is 0.690. The molecule has 0 aliphatic heterocycles. The lowest BCUT2D eigenvalue weighted by molar-refractivity contribution is 0.568. The highest BCUT2D eigenvalue weighted by molar-refractivity contribution is 7.88. The lowest BCUT2D eigenvalue weighted by Crippen LogP contribution is -2.33. The maximum absolute atomic E-state index is 10.8. The van der Waals surface area contributed by atoms with Crippen molar-refractivity contribution in [1.29, 1.82) is 0 Å². The minimum atomic E-state index is -3.26. The SMILES string of the molecule is CS(=O)(=O)NC(N)c1cc[c]cc1. The van der Waals surface area contributed by atoms with Crippen LogP contribution in [0, 0.1) is 6.07 Å². The predicted molar refractivity (Wildman–Crippen MR) is 50.2 cm³/mol. The fourth-order valence-electron chi connectivity index (χ4n) is 0.906. The van der Waals surface area contributed by atoms with E-state index in [1.54, 1.807) is 24.3 Å². The number of hydrogen-bond donors (Lipinski definition) is 2. The highest BCUT2D eigenvalue weighted by Gasteiger charge is 2.09. The maximum atomic E-state index is 10.8. The van der Waals surface area contributed by atoms with Crippen molar-refractivity contribution >= 4 is 10.0 Å². The Bertz CT molecular complexity index is 361. The van der Waals surface area contributed by atoms with Gasteiger partial charge in [0.1, 0.15) is 0 Å². The van der Waals surface area contributed by atoms with Gasteiger partial charge >= 0.3 is 0 Å². The fraction of sp³-hybridized carbons (Fsp3) is 0.250. The van der Waals surface area contributed by atoms with Crippen LogP contribution >= 0.6 is 0 Å². The molecular weight excluding hydrogens is 188 g/mol. The molecule has 0 aliphatic rings. The Balaban J connectivity index is 2.76. The standard InChI is InChI=1S/C8H11N2O2S/c1-13(11,12)10-8(9)7-5-3-2-4-6-7/h3-6,8,10H,9H2,1H3. The number of nitrogens with one attached hydrogen (secondary N) is 1. The molecule has 0 heterocycles. The van der Waals surface area contributed by atoms with E-state index in [1.807, 2.05) is 0 Å². The molecule has 1 rings (SSSR count). The maximum Gasteiger partial charge on any atom is 0.210 e. The van der Waals surface area contributed by atoms with Gasteiger partial charge in [-0.1, -0.05) is 24.3 Å². The van der Waals surface area contributed by atoms with Crippen LogP contribution in [0.25, 0.3) is 0 Å². The zero-order valence-electron chi connectivity index (χ0n) is 7.19. The molecule has 13 heavy (non-hydrogen) atoms. The third kappa shape index (κ3) is 3.54. The third-order valence-electron chi connectivity index (χ3n) is 1.44. The van der Waals surface area contributed by atoms with Crippen molar-refractivity contribution < 1.29 is 8.42 Å². The van der Waals surface area contributed by atoms with Crippen molar-refractivity contribution in [3.05, 3.63) is 35.9 Å². The van der Waals surface area contributed by atoms with E-state index < -0.39 is 16.2 Å². The minimum Gasteiger partial charge on any atom is -0.311 e. The molecule has 3 N–H and O–H groups in total. The van der Waals surface area contributed by atoms with E-state index in [9.17, 15) is 8.42 Å². The summed E-state index contributed by atoms with van der Waals surface area (Å²) >= 11 is 0. The molecule has 1 radical (unpaired) electrons. The fourth-order valence-corrected chi connectivity index (χ4v) is 1.50. The summed E-state index contributed by atoms with van der Waals surface area (Å²) in [5.74, 6) is 0. The first-order valence-electron chi connectivity index (χ1n) is 3.68. The van der Waals surface area contributed by atoms with Crippen LogP contribution in [0.5, 0.6) is 0 Å². The van der Waals surface area contributed by atoms with Crippen molar-refractivity contribution in [2.45, 2.75) is 6.17 Å². The van der Waals surface area contributed by atoms with Gasteiger partial charge in [-0.2, -0.15) is 4.72 Å². The smallest absolute Gasteiger partial charge is 0.210 e. The van der Waals surface area contributed by atoms with E-state index in [0.29, 0.717) is 5.56 Å². The van der Waals surface area contributed by atoms with Gasteiger partial charge in [-0.15, -0.1) is 0 Å².